The fourth-order valence-electron chi connectivity index (χ4n) is 7.16. The van der Waals surface area contributed by atoms with Crippen molar-refractivity contribution >= 4 is 0 Å². The predicted octanol–water partition coefficient (Wildman–Crippen LogP) is 8.06. The van der Waals surface area contributed by atoms with Crippen LogP contribution in [0.15, 0.2) is 74.4 Å². The molecular formula is C33H40O4. The zero-order valence-corrected chi connectivity index (χ0v) is 22.0. The van der Waals surface area contributed by atoms with Crippen molar-refractivity contribution in [2.75, 3.05) is 19.8 Å². The van der Waals surface area contributed by atoms with Crippen molar-refractivity contribution in [2.24, 2.45) is 5.92 Å². The summed E-state index contributed by atoms with van der Waals surface area (Å²) >= 11 is 0. The molecule has 2 atom stereocenters. The summed E-state index contributed by atoms with van der Waals surface area (Å²) in [6, 6.07) is 12.7. The molecule has 0 aromatic heterocycles. The average molecular weight is 501 g/mol. The van der Waals surface area contributed by atoms with Crippen molar-refractivity contribution in [3.05, 3.63) is 85.5 Å². The highest BCUT2D eigenvalue weighted by Gasteiger charge is 2.59. The van der Waals surface area contributed by atoms with Crippen LogP contribution in [0.1, 0.15) is 68.9 Å². The molecule has 0 bridgehead atoms. The Morgan fingerprint density at radius 3 is 2.05 bits per heavy atom. The molecular weight excluding hydrogens is 460 g/mol. The first-order chi connectivity index (χ1) is 18.2. The summed E-state index contributed by atoms with van der Waals surface area (Å²) in [7, 11) is 0. The van der Waals surface area contributed by atoms with Crippen LogP contribution in [-0.2, 0) is 11.0 Å². The molecule has 37 heavy (non-hydrogen) atoms. The van der Waals surface area contributed by atoms with Crippen molar-refractivity contribution in [3.63, 3.8) is 0 Å². The monoisotopic (exact) mass is 500 g/mol. The first-order valence-corrected chi connectivity index (χ1v) is 13.9. The van der Waals surface area contributed by atoms with E-state index in [0.717, 1.165) is 47.8 Å². The number of ether oxygens (including phenoxy) is 4. The molecule has 2 unspecified atom stereocenters. The summed E-state index contributed by atoms with van der Waals surface area (Å²) in [5.41, 5.74) is 2.11. The molecule has 0 amide bonds. The van der Waals surface area contributed by atoms with Gasteiger partial charge in [0, 0.05) is 34.6 Å². The molecule has 2 saturated carbocycles. The van der Waals surface area contributed by atoms with Crippen LogP contribution in [0.5, 0.6) is 23.0 Å². The number of benzene rings is 2. The molecule has 0 radical (unpaired) electrons. The topological polar surface area (TPSA) is 36.9 Å². The lowest BCUT2D eigenvalue weighted by molar-refractivity contribution is -0.0961. The van der Waals surface area contributed by atoms with Gasteiger partial charge in [0.2, 0.25) is 0 Å². The molecule has 1 spiro atoms. The maximum Gasteiger partial charge on any atom is 0.141 e. The largest absolute Gasteiger partial charge is 0.489 e. The Kier molecular flexibility index (Phi) is 7.64. The second-order valence-corrected chi connectivity index (χ2v) is 10.6. The Balaban J connectivity index is 1.67. The third-order valence-electron chi connectivity index (χ3n) is 8.55. The van der Waals surface area contributed by atoms with E-state index >= 15 is 0 Å². The lowest BCUT2D eigenvalue weighted by Gasteiger charge is -2.58. The molecule has 2 fully saturated rings. The Labute approximate surface area is 222 Å². The third-order valence-corrected chi connectivity index (χ3v) is 8.55. The summed E-state index contributed by atoms with van der Waals surface area (Å²) in [5, 5.41) is 0. The van der Waals surface area contributed by atoms with Gasteiger partial charge in [-0.15, -0.1) is 0 Å². The summed E-state index contributed by atoms with van der Waals surface area (Å²) in [6.45, 7) is 12.8. The summed E-state index contributed by atoms with van der Waals surface area (Å²) in [4.78, 5) is 0. The van der Waals surface area contributed by atoms with Crippen LogP contribution in [0.2, 0.25) is 0 Å². The Morgan fingerprint density at radius 2 is 1.35 bits per heavy atom. The van der Waals surface area contributed by atoms with Crippen molar-refractivity contribution in [3.8, 4) is 23.0 Å². The van der Waals surface area contributed by atoms with Crippen molar-refractivity contribution < 1.29 is 18.9 Å². The van der Waals surface area contributed by atoms with Gasteiger partial charge >= 0.3 is 0 Å². The van der Waals surface area contributed by atoms with Crippen LogP contribution >= 0.6 is 0 Å². The van der Waals surface area contributed by atoms with Crippen molar-refractivity contribution in [1.29, 1.82) is 0 Å². The van der Waals surface area contributed by atoms with Gasteiger partial charge in [-0.3, -0.25) is 0 Å². The number of hydrogen-bond acceptors (Lipinski definition) is 4. The number of rotatable bonds is 10. The fourth-order valence-corrected chi connectivity index (χ4v) is 7.16. The van der Waals surface area contributed by atoms with Crippen LogP contribution in [0, 0.1) is 5.92 Å². The van der Waals surface area contributed by atoms with Crippen LogP contribution < -0.4 is 18.9 Å². The minimum absolute atomic E-state index is 0.0942. The van der Waals surface area contributed by atoms with E-state index in [9.17, 15) is 0 Å². The lowest BCUT2D eigenvalue weighted by Crippen LogP contribution is -2.57. The van der Waals surface area contributed by atoms with Gasteiger partial charge in [0.15, 0.2) is 0 Å². The molecule has 2 aromatic carbocycles. The van der Waals surface area contributed by atoms with Crippen molar-refractivity contribution in [1.82, 2.24) is 0 Å². The molecule has 1 aliphatic heterocycles. The summed E-state index contributed by atoms with van der Waals surface area (Å²) in [5.74, 6) is 3.76. The highest BCUT2D eigenvalue weighted by atomic mass is 16.5. The van der Waals surface area contributed by atoms with Gasteiger partial charge in [-0.05, 0) is 50.3 Å². The molecule has 5 rings (SSSR count). The van der Waals surface area contributed by atoms with Gasteiger partial charge in [0.05, 0.1) is 0 Å². The zero-order chi connectivity index (χ0) is 25.7. The maximum absolute atomic E-state index is 7.23. The van der Waals surface area contributed by atoms with Gasteiger partial charge in [-0.2, -0.15) is 0 Å². The van der Waals surface area contributed by atoms with E-state index in [0.29, 0.717) is 25.7 Å². The van der Waals surface area contributed by atoms with E-state index in [-0.39, 0.29) is 5.41 Å². The van der Waals surface area contributed by atoms with E-state index in [2.05, 4.69) is 50.1 Å². The van der Waals surface area contributed by atoms with E-state index in [4.69, 9.17) is 18.9 Å². The SMILES string of the molecule is C=CCOc1ccc2c(c1)OC1(c3ccc(OCC=C)cc3OCC=C)CCCCC1C21CCCCC1. The van der Waals surface area contributed by atoms with Crippen LogP contribution in [-0.4, -0.2) is 19.8 Å². The van der Waals surface area contributed by atoms with Gasteiger partial charge in [0.1, 0.15) is 48.4 Å². The Hall–Kier alpha value is -3.14. The summed E-state index contributed by atoms with van der Waals surface area (Å²) < 4.78 is 25.4. The molecule has 0 saturated heterocycles. The maximum atomic E-state index is 7.23. The molecule has 4 nitrogen and oxygen atoms in total. The molecule has 3 aliphatic rings. The normalized spacial score (nSPS) is 23.6. The lowest BCUT2D eigenvalue weighted by atomic mass is 9.51. The highest BCUT2D eigenvalue weighted by Crippen LogP contribution is 2.64. The molecule has 1 heterocycles. The average Bonchev–Trinajstić information content (AvgIpc) is 2.94. The third kappa shape index (κ3) is 4.67. The van der Waals surface area contributed by atoms with Crippen molar-refractivity contribution in [2.45, 2.75) is 68.8 Å². The smallest absolute Gasteiger partial charge is 0.141 e. The first-order valence-electron chi connectivity index (χ1n) is 13.9. The fraction of sp³-hybridized carbons (Fsp3) is 0.455. The van der Waals surface area contributed by atoms with E-state index < -0.39 is 5.60 Å². The Bertz CT molecular complexity index is 1130. The van der Waals surface area contributed by atoms with E-state index in [1.165, 1.54) is 44.1 Å². The van der Waals surface area contributed by atoms with Gasteiger partial charge in [-0.25, -0.2) is 0 Å². The molecule has 2 aliphatic carbocycles. The minimum Gasteiger partial charge on any atom is -0.489 e. The van der Waals surface area contributed by atoms with Gasteiger partial charge in [0.25, 0.3) is 0 Å². The zero-order valence-electron chi connectivity index (χ0n) is 22.0. The standard InChI is InChI=1S/C33H40O4/c1-4-20-34-25-14-16-28(29(23-25)36-22-6-3)33-19-11-8-12-31(33)32(17-9-7-10-18-32)27-15-13-26(35-21-5-2)24-30(27)37-33/h4-6,13-16,23-24,31H,1-3,7-12,17-22H2. The Morgan fingerprint density at radius 1 is 0.730 bits per heavy atom. The van der Waals surface area contributed by atoms with E-state index in [1.807, 2.05) is 6.07 Å². The van der Waals surface area contributed by atoms with Crippen LogP contribution in [0.25, 0.3) is 0 Å². The van der Waals surface area contributed by atoms with E-state index in [1.54, 1.807) is 18.2 Å². The molecule has 4 heteroatoms. The second-order valence-electron chi connectivity index (χ2n) is 10.6. The minimum atomic E-state index is -0.465. The number of fused-ring (bicyclic) bond motifs is 4. The molecule has 2 aromatic rings. The molecule has 196 valence electrons. The quantitative estimate of drug-likeness (QED) is 0.309. The highest BCUT2D eigenvalue weighted by molar-refractivity contribution is 5.53. The second kappa shape index (κ2) is 11.1. The predicted molar refractivity (Wildman–Crippen MR) is 149 cm³/mol. The number of hydrogen-bond donors (Lipinski definition) is 0. The first kappa shape index (κ1) is 25.5. The van der Waals surface area contributed by atoms with Crippen LogP contribution in [0.3, 0.4) is 0 Å². The van der Waals surface area contributed by atoms with Crippen LogP contribution in [0.4, 0.5) is 0 Å². The van der Waals surface area contributed by atoms with Gasteiger partial charge in [-0.1, -0.05) is 69.7 Å². The van der Waals surface area contributed by atoms with Gasteiger partial charge < -0.3 is 18.9 Å². The molecule has 0 N–H and O–H groups in total. The summed E-state index contributed by atoms with van der Waals surface area (Å²) in [6.07, 6.45) is 16.0.